The molecule has 0 radical (unpaired) electrons. The number of aryl methyl sites for hydroxylation is 1. The van der Waals surface area contributed by atoms with E-state index >= 15 is 0 Å². The summed E-state index contributed by atoms with van der Waals surface area (Å²) >= 11 is 0. The molecule has 0 aliphatic carbocycles. The van der Waals surface area contributed by atoms with Gasteiger partial charge in [-0.05, 0) is 43.5 Å². The monoisotopic (exact) mass is 406 g/mol. The Morgan fingerprint density at radius 3 is 2.76 bits per heavy atom. The summed E-state index contributed by atoms with van der Waals surface area (Å²) in [4.78, 5) is 18.5. The van der Waals surface area contributed by atoms with E-state index in [4.69, 9.17) is 0 Å². The number of aromatic nitrogens is 3. The van der Waals surface area contributed by atoms with Crippen LogP contribution in [0.3, 0.4) is 0 Å². The molecular weight excluding hydrogens is 388 g/mol. The van der Waals surface area contributed by atoms with Gasteiger partial charge in [0, 0.05) is 18.3 Å². The molecule has 1 atom stereocenters. The average molecular weight is 406 g/mol. The lowest BCUT2D eigenvalue weighted by atomic mass is 10.1. The topological polar surface area (TPSA) is 50.5 Å². The van der Waals surface area contributed by atoms with Crippen LogP contribution >= 0.6 is 0 Å². The molecule has 0 bridgehead atoms. The van der Waals surface area contributed by atoms with Crippen molar-refractivity contribution in [2.75, 3.05) is 6.54 Å². The van der Waals surface area contributed by atoms with Crippen LogP contribution in [0.25, 0.3) is 5.65 Å². The van der Waals surface area contributed by atoms with Gasteiger partial charge in [0.2, 0.25) is 5.91 Å². The number of fused-ring (bicyclic) bond motifs is 1. The zero-order valence-electron chi connectivity index (χ0n) is 15.6. The van der Waals surface area contributed by atoms with Crippen molar-refractivity contribution >= 4 is 11.6 Å². The first-order valence-corrected chi connectivity index (χ1v) is 9.21. The zero-order valence-corrected chi connectivity index (χ0v) is 15.6. The van der Waals surface area contributed by atoms with Crippen molar-refractivity contribution in [3.8, 4) is 0 Å². The highest BCUT2D eigenvalue weighted by Crippen LogP contribution is 2.34. The molecule has 3 aromatic rings. The van der Waals surface area contributed by atoms with Crippen LogP contribution in [0.5, 0.6) is 0 Å². The lowest BCUT2D eigenvalue weighted by Crippen LogP contribution is -2.32. The smallest absolute Gasteiger partial charge is 0.334 e. The van der Waals surface area contributed by atoms with Crippen molar-refractivity contribution in [3.63, 3.8) is 0 Å². The van der Waals surface area contributed by atoms with Gasteiger partial charge in [0.05, 0.1) is 18.2 Å². The lowest BCUT2D eigenvalue weighted by molar-refractivity contribution is -0.142. The van der Waals surface area contributed by atoms with Crippen LogP contribution in [-0.4, -0.2) is 31.9 Å². The van der Waals surface area contributed by atoms with Crippen molar-refractivity contribution in [1.82, 2.24) is 19.5 Å². The van der Waals surface area contributed by atoms with Crippen molar-refractivity contribution in [1.29, 1.82) is 0 Å². The molecule has 9 heteroatoms. The first-order valence-electron chi connectivity index (χ1n) is 9.21. The minimum absolute atomic E-state index is 0.0206. The number of rotatable bonds is 3. The highest BCUT2D eigenvalue weighted by Gasteiger charge is 2.36. The second kappa shape index (κ2) is 7.13. The van der Waals surface area contributed by atoms with Crippen LogP contribution in [0.2, 0.25) is 0 Å². The van der Waals surface area contributed by atoms with Crippen LogP contribution in [0.15, 0.2) is 36.4 Å². The molecule has 1 saturated heterocycles. The first kappa shape index (κ1) is 19.4. The lowest BCUT2D eigenvalue weighted by Gasteiger charge is -2.23. The Labute approximate surface area is 164 Å². The molecule has 152 valence electrons. The normalized spacial score (nSPS) is 17.3. The Morgan fingerprint density at radius 1 is 1.24 bits per heavy atom. The largest absolute Gasteiger partial charge is 0.433 e. The molecule has 1 aliphatic heterocycles. The van der Waals surface area contributed by atoms with Gasteiger partial charge in [-0.25, -0.2) is 13.9 Å². The molecule has 0 saturated carbocycles. The van der Waals surface area contributed by atoms with E-state index in [1.807, 2.05) is 0 Å². The molecule has 0 N–H and O–H groups in total. The maximum Gasteiger partial charge on any atom is 0.433 e. The number of nitrogens with zero attached hydrogens (tertiary/aromatic N) is 4. The van der Waals surface area contributed by atoms with Gasteiger partial charge >= 0.3 is 6.18 Å². The highest BCUT2D eigenvalue weighted by atomic mass is 19.4. The van der Waals surface area contributed by atoms with E-state index in [9.17, 15) is 22.4 Å². The number of halogens is 4. The predicted molar refractivity (Wildman–Crippen MR) is 96.5 cm³/mol. The highest BCUT2D eigenvalue weighted by molar-refractivity contribution is 5.79. The molecular formula is C20H18F4N4O. The Balaban J connectivity index is 1.65. The molecule has 1 aliphatic rings. The SMILES string of the molecule is Cc1cc(C(F)(F)F)n2nc(C3CCCN3C(=O)Cc3cccc(F)c3)cc2n1. The van der Waals surface area contributed by atoms with Crippen molar-refractivity contribution < 1.29 is 22.4 Å². The standard InChI is InChI=1S/C20H18F4N4O/c1-12-8-17(20(22,23)24)28-18(25-12)11-15(26-28)16-6-3-7-27(16)19(29)10-13-4-2-5-14(21)9-13/h2,4-5,8-9,11,16H,3,6-7,10H2,1H3. The summed E-state index contributed by atoms with van der Waals surface area (Å²) in [6.07, 6.45) is -3.24. The summed E-state index contributed by atoms with van der Waals surface area (Å²) in [5, 5.41) is 4.14. The third kappa shape index (κ3) is 3.81. The average Bonchev–Trinajstić information content (AvgIpc) is 3.26. The van der Waals surface area contributed by atoms with E-state index < -0.39 is 23.7 Å². The third-order valence-corrected chi connectivity index (χ3v) is 5.02. The minimum Gasteiger partial charge on any atom is -0.334 e. The summed E-state index contributed by atoms with van der Waals surface area (Å²) in [6, 6.07) is 7.82. The quantitative estimate of drug-likeness (QED) is 0.616. The Morgan fingerprint density at radius 2 is 2.03 bits per heavy atom. The fraction of sp³-hybridized carbons (Fsp3) is 0.350. The maximum atomic E-state index is 13.4. The number of carbonyl (C=O) groups is 1. The van der Waals surface area contributed by atoms with Gasteiger partial charge in [-0.1, -0.05) is 12.1 Å². The summed E-state index contributed by atoms with van der Waals surface area (Å²) in [5.74, 6) is -0.634. The van der Waals surface area contributed by atoms with E-state index in [1.165, 1.54) is 31.2 Å². The number of carbonyl (C=O) groups excluding carboxylic acids is 1. The van der Waals surface area contributed by atoms with Crippen LogP contribution in [0.1, 0.15) is 41.5 Å². The minimum atomic E-state index is -4.57. The van der Waals surface area contributed by atoms with Crippen molar-refractivity contribution in [2.45, 2.75) is 38.4 Å². The molecule has 29 heavy (non-hydrogen) atoms. The fourth-order valence-electron chi connectivity index (χ4n) is 3.78. The van der Waals surface area contributed by atoms with Crippen LogP contribution in [0.4, 0.5) is 17.6 Å². The number of benzene rings is 1. The molecule has 3 heterocycles. The van der Waals surface area contributed by atoms with E-state index in [1.54, 1.807) is 11.0 Å². The number of amides is 1. The molecule has 1 aromatic carbocycles. The van der Waals surface area contributed by atoms with Gasteiger partial charge in [0.25, 0.3) is 0 Å². The number of hydrogen-bond donors (Lipinski definition) is 0. The Kier molecular flexibility index (Phi) is 4.76. The van der Waals surface area contributed by atoms with Crippen molar-refractivity contribution in [2.24, 2.45) is 0 Å². The third-order valence-electron chi connectivity index (χ3n) is 5.02. The van der Waals surface area contributed by atoms with Gasteiger partial charge in [0.15, 0.2) is 5.65 Å². The van der Waals surface area contributed by atoms with E-state index in [0.717, 1.165) is 10.6 Å². The van der Waals surface area contributed by atoms with E-state index in [-0.39, 0.29) is 23.7 Å². The molecule has 5 nitrogen and oxygen atoms in total. The number of likely N-dealkylation sites (tertiary alicyclic amines) is 1. The summed E-state index contributed by atoms with van der Waals surface area (Å²) in [7, 11) is 0. The van der Waals surface area contributed by atoms with Gasteiger partial charge in [0.1, 0.15) is 11.5 Å². The summed E-state index contributed by atoms with van der Waals surface area (Å²) in [6.45, 7) is 1.97. The fourth-order valence-corrected chi connectivity index (χ4v) is 3.78. The predicted octanol–water partition coefficient (Wildman–Crippen LogP) is 4.10. The Bertz CT molecular complexity index is 1080. The molecule has 1 unspecified atom stereocenters. The van der Waals surface area contributed by atoms with Crippen LogP contribution in [-0.2, 0) is 17.4 Å². The maximum absolute atomic E-state index is 13.4. The van der Waals surface area contributed by atoms with Gasteiger partial charge in [-0.3, -0.25) is 4.79 Å². The van der Waals surface area contributed by atoms with Crippen LogP contribution < -0.4 is 0 Å². The van der Waals surface area contributed by atoms with Crippen LogP contribution in [0, 0.1) is 12.7 Å². The Hall–Kier alpha value is -2.97. The van der Waals surface area contributed by atoms with Gasteiger partial charge < -0.3 is 4.90 Å². The first-order chi connectivity index (χ1) is 13.7. The second-order valence-electron chi connectivity index (χ2n) is 7.17. The van der Waals surface area contributed by atoms with E-state index in [0.29, 0.717) is 30.6 Å². The summed E-state index contributed by atoms with van der Waals surface area (Å²) < 4.78 is 54.3. The van der Waals surface area contributed by atoms with E-state index in [2.05, 4.69) is 10.1 Å². The zero-order chi connectivity index (χ0) is 20.8. The number of alkyl halides is 3. The molecule has 1 fully saturated rings. The van der Waals surface area contributed by atoms with Gasteiger partial charge in [-0.2, -0.15) is 18.3 Å². The molecule has 4 rings (SSSR count). The van der Waals surface area contributed by atoms with Crippen molar-refractivity contribution in [3.05, 3.63) is 64.9 Å². The second-order valence-corrected chi connectivity index (χ2v) is 7.17. The summed E-state index contributed by atoms with van der Waals surface area (Å²) in [5.41, 5.74) is 0.353. The molecule has 0 spiro atoms. The van der Waals surface area contributed by atoms with Gasteiger partial charge in [-0.15, -0.1) is 0 Å². The number of hydrogen-bond acceptors (Lipinski definition) is 3. The molecule has 1 amide bonds. The molecule has 2 aromatic heterocycles.